The SMILES string of the molecule is CCC(CC)(CO)CNCCn1ccnn1. The first kappa shape index (κ1) is 13.1. The third-order valence-corrected chi connectivity index (χ3v) is 3.33. The molecule has 0 saturated heterocycles. The van der Waals surface area contributed by atoms with Crippen molar-refractivity contribution in [3.8, 4) is 0 Å². The molecule has 0 aliphatic carbocycles. The zero-order chi connectivity index (χ0) is 11.9. The summed E-state index contributed by atoms with van der Waals surface area (Å²) in [5.41, 5.74) is 0.0301. The molecular weight excluding hydrogens is 204 g/mol. The minimum absolute atomic E-state index is 0.0301. The molecule has 0 bridgehead atoms. The van der Waals surface area contributed by atoms with Crippen molar-refractivity contribution in [1.82, 2.24) is 20.3 Å². The summed E-state index contributed by atoms with van der Waals surface area (Å²) >= 11 is 0. The summed E-state index contributed by atoms with van der Waals surface area (Å²) in [7, 11) is 0. The van der Waals surface area contributed by atoms with Gasteiger partial charge < -0.3 is 10.4 Å². The number of aliphatic hydroxyl groups excluding tert-OH is 1. The summed E-state index contributed by atoms with van der Waals surface area (Å²) in [6.07, 6.45) is 5.52. The highest BCUT2D eigenvalue weighted by Gasteiger charge is 2.24. The Labute approximate surface area is 96.9 Å². The summed E-state index contributed by atoms with van der Waals surface area (Å²) < 4.78 is 1.80. The van der Waals surface area contributed by atoms with Crippen LogP contribution in [0.4, 0.5) is 0 Å². The third kappa shape index (κ3) is 3.57. The maximum Gasteiger partial charge on any atom is 0.0692 e. The number of aliphatic hydroxyl groups is 1. The Balaban J connectivity index is 2.23. The standard InChI is InChI=1S/C11H22N4O/c1-3-11(4-2,10-16)9-12-5-7-15-8-6-13-14-15/h6,8,12,16H,3-5,7,9-10H2,1-2H3. The van der Waals surface area contributed by atoms with Crippen LogP contribution in [0, 0.1) is 5.41 Å². The average molecular weight is 226 g/mol. The van der Waals surface area contributed by atoms with Crippen molar-refractivity contribution in [3.05, 3.63) is 12.4 Å². The monoisotopic (exact) mass is 226 g/mol. The van der Waals surface area contributed by atoms with Crippen molar-refractivity contribution in [2.24, 2.45) is 5.41 Å². The Kier molecular flexibility index (Phi) is 5.42. The van der Waals surface area contributed by atoms with Gasteiger partial charge in [-0.15, -0.1) is 5.10 Å². The Morgan fingerprint density at radius 1 is 1.38 bits per heavy atom. The maximum atomic E-state index is 9.39. The lowest BCUT2D eigenvalue weighted by atomic mass is 9.83. The first-order valence-corrected chi connectivity index (χ1v) is 5.92. The van der Waals surface area contributed by atoms with Gasteiger partial charge >= 0.3 is 0 Å². The van der Waals surface area contributed by atoms with Gasteiger partial charge in [-0.3, -0.25) is 4.68 Å². The van der Waals surface area contributed by atoms with Crippen LogP contribution >= 0.6 is 0 Å². The van der Waals surface area contributed by atoms with Gasteiger partial charge in [0.15, 0.2) is 0 Å². The van der Waals surface area contributed by atoms with Gasteiger partial charge in [-0.05, 0) is 12.8 Å². The molecule has 16 heavy (non-hydrogen) atoms. The largest absolute Gasteiger partial charge is 0.396 e. The molecule has 0 aromatic carbocycles. The molecule has 0 saturated carbocycles. The summed E-state index contributed by atoms with van der Waals surface area (Å²) in [6, 6.07) is 0. The van der Waals surface area contributed by atoms with Crippen molar-refractivity contribution in [2.45, 2.75) is 33.2 Å². The van der Waals surface area contributed by atoms with Crippen LogP contribution in [-0.4, -0.2) is 39.8 Å². The van der Waals surface area contributed by atoms with Crippen molar-refractivity contribution < 1.29 is 5.11 Å². The molecule has 1 heterocycles. The molecule has 1 rings (SSSR count). The van der Waals surface area contributed by atoms with E-state index in [1.54, 1.807) is 10.9 Å². The topological polar surface area (TPSA) is 63.0 Å². The smallest absolute Gasteiger partial charge is 0.0692 e. The molecule has 0 amide bonds. The van der Waals surface area contributed by atoms with Crippen LogP contribution in [0.3, 0.4) is 0 Å². The predicted octanol–water partition coefficient (Wildman–Crippen LogP) is 0.666. The molecule has 5 heteroatoms. The second-order valence-corrected chi connectivity index (χ2v) is 4.21. The molecule has 2 N–H and O–H groups in total. The van der Waals surface area contributed by atoms with Gasteiger partial charge in [-0.2, -0.15) is 0 Å². The molecule has 0 aliphatic rings. The minimum Gasteiger partial charge on any atom is -0.396 e. The number of hydrogen-bond acceptors (Lipinski definition) is 4. The molecule has 0 atom stereocenters. The van der Waals surface area contributed by atoms with Gasteiger partial charge in [0.05, 0.1) is 12.7 Å². The van der Waals surface area contributed by atoms with Crippen molar-refractivity contribution in [3.63, 3.8) is 0 Å². The van der Waals surface area contributed by atoms with Crippen molar-refractivity contribution in [1.29, 1.82) is 0 Å². The molecule has 5 nitrogen and oxygen atoms in total. The lowest BCUT2D eigenvalue weighted by molar-refractivity contribution is 0.113. The van der Waals surface area contributed by atoms with Crippen LogP contribution in [0.25, 0.3) is 0 Å². The van der Waals surface area contributed by atoms with E-state index >= 15 is 0 Å². The van der Waals surface area contributed by atoms with Crippen LogP contribution in [0.5, 0.6) is 0 Å². The average Bonchev–Trinajstić information content (AvgIpc) is 2.83. The number of aromatic nitrogens is 3. The van der Waals surface area contributed by atoms with E-state index in [9.17, 15) is 5.11 Å². The van der Waals surface area contributed by atoms with E-state index in [1.807, 2.05) is 6.20 Å². The van der Waals surface area contributed by atoms with E-state index in [0.29, 0.717) is 0 Å². The van der Waals surface area contributed by atoms with E-state index in [1.165, 1.54) is 0 Å². The lowest BCUT2D eigenvalue weighted by Crippen LogP contribution is -2.37. The predicted molar refractivity (Wildman–Crippen MR) is 63.0 cm³/mol. The van der Waals surface area contributed by atoms with Gasteiger partial charge in [0.2, 0.25) is 0 Å². The van der Waals surface area contributed by atoms with E-state index in [4.69, 9.17) is 0 Å². The molecule has 0 spiro atoms. The Morgan fingerprint density at radius 3 is 2.62 bits per heavy atom. The van der Waals surface area contributed by atoms with Crippen LogP contribution in [-0.2, 0) is 6.54 Å². The summed E-state index contributed by atoms with van der Waals surface area (Å²) in [4.78, 5) is 0. The molecule has 1 aromatic heterocycles. The van der Waals surface area contributed by atoms with Crippen LogP contribution < -0.4 is 5.32 Å². The lowest BCUT2D eigenvalue weighted by Gasteiger charge is -2.29. The fourth-order valence-corrected chi connectivity index (χ4v) is 1.68. The molecule has 0 radical (unpaired) electrons. The summed E-state index contributed by atoms with van der Waals surface area (Å²) in [6.45, 7) is 7.01. The van der Waals surface area contributed by atoms with Gasteiger partial charge in [-0.25, -0.2) is 0 Å². The fraction of sp³-hybridized carbons (Fsp3) is 0.818. The molecule has 1 aromatic rings. The highest BCUT2D eigenvalue weighted by molar-refractivity contribution is 4.78. The van der Waals surface area contributed by atoms with Gasteiger partial charge in [0.1, 0.15) is 0 Å². The molecule has 0 unspecified atom stereocenters. The van der Waals surface area contributed by atoms with Gasteiger partial charge in [-0.1, -0.05) is 19.1 Å². The number of rotatable bonds is 8. The third-order valence-electron chi connectivity index (χ3n) is 3.33. The van der Waals surface area contributed by atoms with E-state index in [2.05, 4.69) is 29.5 Å². The summed E-state index contributed by atoms with van der Waals surface area (Å²) in [5.74, 6) is 0. The summed E-state index contributed by atoms with van der Waals surface area (Å²) in [5, 5.41) is 20.4. The van der Waals surface area contributed by atoms with Crippen LogP contribution in [0.2, 0.25) is 0 Å². The zero-order valence-corrected chi connectivity index (χ0v) is 10.2. The fourth-order valence-electron chi connectivity index (χ4n) is 1.68. The minimum atomic E-state index is 0.0301. The molecule has 92 valence electrons. The highest BCUT2D eigenvalue weighted by atomic mass is 16.3. The second kappa shape index (κ2) is 6.60. The van der Waals surface area contributed by atoms with Crippen LogP contribution in [0.1, 0.15) is 26.7 Å². The van der Waals surface area contributed by atoms with Crippen LogP contribution in [0.15, 0.2) is 12.4 Å². The number of hydrogen-bond donors (Lipinski definition) is 2. The van der Waals surface area contributed by atoms with E-state index in [-0.39, 0.29) is 12.0 Å². The quantitative estimate of drug-likeness (QED) is 0.639. The first-order valence-electron chi connectivity index (χ1n) is 5.92. The molecule has 0 aliphatic heterocycles. The Bertz CT molecular complexity index is 261. The maximum absolute atomic E-state index is 9.39. The van der Waals surface area contributed by atoms with E-state index < -0.39 is 0 Å². The number of nitrogens with one attached hydrogen (secondary N) is 1. The van der Waals surface area contributed by atoms with Gasteiger partial charge in [0.25, 0.3) is 0 Å². The Morgan fingerprint density at radius 2 is 2.12 bits per heavy atom. The van der Waals surface area contributed by atoms with E-state index in [0.717, 1.165) is 32.5 Å². The first-order chi connectivity index (χ1) is 7.76. The molecular formula is C11H22N4O. The second-order valence-electron chi connectivity index (χ2n) is 4.21. The zero-order valence-electron chi connectivity index (χ0n) is 10.2. The normalized spacial score (nSPS) is 11.9. The number of nitrogens with zero attached hydrogens (tertiary/aromatic N) is 3. The molecule has 0 fully saturated rings. The van der Waals surface area contributed by atoms with Gasteiger partial charge in [0, 0.05) is 31.3 Å². The van der Waals surface area contributed by atoms with Crippen molar-refractivity contribution in [2.75, 3.05) is 19.7 Å². The van der Waals surface area contributed by atoms with Crippen molar-refractivity contribution >= 4 is 0 Å². The highest BCUT2D eigenvalue weighted by Crippen LogP contribution is 2.24. The Hall–Kier alpha value is -0.940.